The minimum atomic E-state index is -0.854. The molecular weight excluding hydrogens is 354 g/mol. The molecule has 136 valence electrons. The fraction of sp³-hybridized carbons (Fsp3) is 0.300. The third-order valence-corrected chi connectivity index (χ3v) is 4.87. The van der Waals surface area contributed by atoms with Crippen LogP contribution in [0.25, 0.3) is 0 Å². The Kier molecular flexibility index (Phi) is 5.47. The second kappa shape index (κ2) is 7.79. The van der Waals surface area contributed by atoms with Crippen molar-refractivity contribution in [2.75, 3.05) is 13.1 Å². The zero-order chi connectivity index (χ0) is 18.7. The topological polar surface area (TPSA) is 66.8 Å². The van der Waals surface area contributed by atoms with E-state index in [-0.39, 0.29) is 18.4 Å². The van der Waals surface area contributed by atoms with E-state index < -0.39 is 11.9 Å². The van der Waals surface area contributed by atoms with Crippen molar-refractivity contribution in [1.82, 2.24) is 4.90 Å². The number of ether oxygens (including phenoxy) is 1. The van der Waals surface area contributed by atoms with Crippen molar-refractivity contribution in [2.24, 2.45) is 11.8 Å². The molecule has 0 spiro atoms. The molecule has 0 aliphatic carbocycles. The molecule has 0 radical (unpaired) electrons. The summed E-state index contributed by atoms with van der Waals surface area (Å²) in [6, 6.07) is 14.3. The van der Waals surface area contributed by atoms with Crippen LogP contribution >= 0.6 is 11.6 Å². The zero-order valence-electron chi connectivity index (χ0n) is 14.4. The molecule has 1 N–H and O–H groups in total. The molecule has 2 aromatic rings. The van der Waals surface area contributed by atoms with Crippen LogP contribution in [-0.4, -0.2) is 35.0 Å². The molecule has 2 atom stereocenters. The van der Waals surface area contributed by atoms with E-state index in [0.717, 1.165) is 5.56 Å². The van der Waals surface area contributed by atoms with Gasteiger partial charge in [-0.15, -0.1) is 0 Å². The lowest BCUT2D eigenvalue weighted by Crippen LogP contribution is -2.29. The summed E-state index contributed by atoms with van der Waals surface area (Å²) in [5, 5.41) is 9.89. The predicted octanol–water partition coefficient (Wildman–Crippen LogP) is 3.71. The van der Waals surface area contributed by atoms with E-state index in [2.05, 4.69) is 0 Å². The second-order valence-electron chi connectivity index (χ2n) is 6.58. The molecule has 3 rings (SSSR count). The summed E-state index contributed by atoms with van der Waals surface area (Å²) in [4.78, 5) is 25.5. The van der Waals surface area contributed by atoms with E-state index in [1.54, 1.807) is 41.3 Å². The summed E-state index contributed by atoms with van der Waals surface area (Å²) in [5.74, 6) is -0.998. The molecule has 1 amide bonds. The van der Waals surface area contributed by atoms with E-state index in [1.165, 1.54) is 0 Å². The van der Waals surface area contributed by atoms with Crippen molar-refractivity contribution in [3.63, 3.8) is 0 Å². The van der Waals surface area contributed by atoms with Crippen LogP contribution in [0.15, 0.2) is 48.5 Å². The predicted molar refractivity (Wildman–Crippen MR) is 98.4 cm³/mol. The first-order valence-electron chi connectivity index (χ1n) is 8.43. The van der Waals surface area contributed by atoms with Gasteiger partial charge in [0.05, 0.1) is 5.92 Å². The number of halogens is 1. The van der Waals surface area contributed by atoms with Gasteiger partial charge in [0, 0.05) is 23.7 Å². The normalized spacial score (nSPS) is 19.4. The van der Waals surface area contributed by atoms with Gasteiger partial charge in [-0.25, -0.2) is 0 Å². The Morgan fingerprint density at radius 3 is 2.58 bits per heavy atom. The first kappa shape index (κ1) is 18.3. The van der Waals surface area contributed by atoms with Gasteiger partial charge in [-0.05, 0) is 41.8 Å². The standard InChI is InChI=1S/C20H20ClNO4/c1-13-10-22(11-18(13)20(24)25)19(23)15-3-2-4-17(9-15)26-12-14-5-7-16(21)8-6-14/h2-9,13,18H,10-12H2,1H3,(H,24,25)/t13-,18-/m1/s1. The summed E-state index contributed by atoms with van der Waals surface area (Å²) in [6.45, 7) is 2.92. The Morgan fingerprint density at radius 2 is 1.92 bits per heavy atom. The minimum Gasteiger partial charge on any atom is -0.489 e. The molecule has 2 aromatic carbocycles. The number of carbonyl (C=O) groups excluding carboxylic acids is 1. The molecule has 1 aliphatic rings. The summed E-state index contributed by atoms with van der Waals surface area (Å²) < 4.78 is 5.76. The molecule has 0 saturated carbocycles. The van der Waals surface area contributed by atoms with Gasteiger partial charge in [0.1, 0.15) is 12.4 Å². The number of aliphatic carboxylic acids is 1. The highest BCUT2D eigenvalue weighted by Crippen LogP contribution is 2.25. The van der Waals surface area contributed by atoms with Gasteiger partial charge >= 0.3 is 5.97 Å². The number of nitrogens with zero attached hydrogens (tertiary/aromatic N) is 1. The highest BCUT2D eigenvalue weighted by molar-refractivity contribution is 6.30. The number of benzene rings is 2. The molecule has 0 bridgehead atoms. The van der Waals surface area contributed by atoms with E-state index in [4.69, 9.17) is 16.3 Å². The molecule has 6 heteroatoms. The summed E-state index contributed by atoms with van der Waals surface area (Å²) >= 11 is 5.87. The summed E-state index contributed by atoms with van der Waals surface area (Å²) in [6.07, 6.45) is 0. The maximum absolute atomic E-state index is 12.7. The van der Waals surface area contributed by atoms with Crippen LogP contribution in [-0.2, 0) is 11.4 Å². The SMILES string of the molecule is C[C@@H]1CN(C(=O)c2cccc(OCc3ccc(Cl)cc3)c2)C[C@H]1C(=O)O. The van der Waals surface area contributed by atoms with Crippen LogP contribution in [0.5, 0.6) is 5.75 Å². The van der Waals surface area contributed by atoms with Crippen LogP contribution in [0.2, 0.25) is 5.02 Å². The number of likely N-dealkylation sites (tertiary alicyclic amines) is 1. The molecule has 1 aliphatic heterocycles. The van der Waals surface area contributed by atoms with Crippen LogP contribution in [0, 0.1) is 11.8 Å². The van der Waals surface area contributed by atoms with Crippen molar-refractivity contribution in [3.05, 3.63) is 64.7 Å². The van der Waals surface area contributed by atoms with Crippen LogP contribution in [0.1, 0.15) is 22.8 Å². The van der Waals surface area contributed by atoms with Crippen LogP contribution in [0.3, 0.4) is 0 Å². The van der Waals surface area contributed by atoms with E-state index in [9.17, 15) is 14.7 Å². The number of hydrogen-bond acceptors (Lipinski definition) is 3. The monoisotopic (exact) mass is 373 g/mol. The quantitative estimate of drug-likeness (QED) is 0.867. The van der Waals surface area contributed by atoms with Gasteiger partial charge in [-0.3, -0.25) is 9.59 Å². The van der Waals surface area contributed by atoms with Gasteiger partial charge < -0.3 is 14.7 Å². The second-order valence-corrected chi connectivity index (χ2v) is 7.01. The first-order chi connectivity index (χ1) is 12.4. The van der Waals surface area contributed by atoms with Crippen molar-refractivity contribution in [1.29, 1.82) is 0 Å². The van der Waals surface area contributed by atoms with Crippen molar-refractivity contribution in [3.8, 4) is 5.75 Å². The maximum Gasteiger partial charge on any atom is 0.308 e. The van der Waals surface area contributed by atoms with Crippen molar-refractivity contribution in [2.45, 2.75) is 13.5 Å². The number of rotatable bonds is 5. The number of carboxylic acids is 1. The maximum atomic E-state index is 12.7. The molecule has 26 heavy (non-hydrogen) atoms. The van der Waals surface area contributed by atoms with E-state index in [1.807, 2.05) is 19.1 Å². The smallest absolute Gasteiger partial charge is 0.308 e. The van der Waals surface area contributed by atoms with E-state index >= 15 is 0 Å². The van der Waals surface area contributed by atoms with E-state index in [0.29, 0.717) is 29.5 Å². The highest BCUT2D eigenvalue weighted by Gasteiger charge is 2.37. The van der Waals surface area contributed by atoms with Crippen molar-refractivity contribution < 1.29 is 19.4 Å². The minimum absolute atomic E-state index is 0.0548. The Bertz CT molecular complexity index is 806. The number of hydrogen-bond donors (Lipinski definition) is 1. The first-order valence-corrected chi connectivity index (χ1v) is 8.81. The fourth-order valence-electron chi connectivity index (χ4n) is 3.10. The van der Waals surface area contributed by atoms with Gasteiger partial charge in [-0.1, -0.05) is 36.7 Å². The van der Waals surface area contributed by atoms with Crippen molar-refractivity contribution >= 4 is 23.5 Å². The summed E-state index contributed by atoms with van der Waals surface area (Å²) in [7, 11) is 0. The Labute approximate surface area is 157 Å². The van der Waals surface area contributed by atoms with Gasteiger partial charge in [0.2, 0.25) is 0 Å². The lowest BCUT2D eigenvalue weighted by Gasteiger charge is -2.16. The molecule has 1 heterocycles. The Balaban J connectivity index is 1.66. The lowest BCUT2D eigenvalue weighted by atomic mass is 9.99. The third-order valence-electron chi connectivity index (χ3n) is 4.62. The fourth-order valence-corrected chi connectivity index (χ4v) is 3.23. The van der Waals surface area contributed by atoms with Crippen LogP contribution < -0.4 is 4.74 Å². The zero-order valence-corrected chi connectivity index (χ0v) is 15.1. The average Bonchev–Trinajstić information content (AvgIpc) is 3.03. The van der Waals surface area contributed by atoms with Gasteiger partial charge in [-0.2, -0.15) is 0 Å². The number of amides is 1. The molecule has 1 saturated heterocycles. The van der Waals surface area contributed by atoms with Crippen LogP contribution in [0.4, 0.5) is 0 Å². The van der Waals surface area contributed by atoms with Gasteiger partial charge in [0.25, 0.3) is 5.91 Å². The third kappa shape index (κ3) is 4.17. The average molecular weight is 374 g/mol. The molecule has 0 unspecified atom stereocenters. The molecular formula is C20H20ClNO4. The molecule has 1 fully saturated rings. The summed E-state index contributed by atoms with van der Waals surface area (Å²) in [5.41, 5.74) is 1.47. The number of carboxylic acid groups (broad SMARTS) is 1. The largest absolute Gasteiger partial charge is 0.489 e. The lowest BCUT2D eigenvalue weighted by molar-refractivity contribution is -0.142. The molecule has 0 aromatic heterocycles. The number of carbonyl (C=O) groups is 2. The van der Waals surface area contributed by atoms with Gasteiger partial charge in [0.15, 0.2) is 0 Å². The highest BCUT2D eigenvalue weighted by atomic mass is 35.5. The Morgan fingerprint density at radius 1 is 1.19 bits per heavy atom. The molecule has 5 nitrogen and oxygen atoms in total. The Hall–Kier alpha value is -2.53.